The number of carbonyl (C=O) groups is 2. The molecule has 4 N–H and O–H groups in total. The standard InChI is InChI=1S/C21H18F2N6O4S/c1-2-5-34(32,33)28-16-4-3-15(22)17(18(16)23)19(30)14-9-26-20-13(14)6-11(7-25-20)12-8-27-29(10-12)21(24)31/h3-4,6-10,28H,2,5H2,1H3,(H2,24,31)(H,25,26). The summed E-state index contributed by atoms with van der Waals surface area (Å²) in [6, 6.07) is 2.48. The van der Waals surface area contributed by atoms with Gasteiger partial charge < -0.3 is 10.7 Å². The number of hydrogen-bond donors (Lipinski definition) is 3. The highest BCUT2D eigenvalue weighted by atomic mass is 32.2. The summed E-state index contributed by atoms with van der Waals surface area (Å²) in [5, 5.41) is 4.08. The van der Waals surface area contributed by atoms with Gasteiger partial charge in [-0.25, -0.2) is 27.0 Å². The molecule has 0 saturated carbocycles. The Morgan fingerprint density at radius 1 is 1.21 bits per heavy atom. The van der Waals surface area contributed by atoms with E-state index in [1.165, 1.54) is 30.9 Å². The lowest BCUT2D eigenvalue weighted by atomic mass is 10.0. The highest BCUT2D eigenvalue weighted by Crippen LogP contribution is 2.29. The number of aromatic nitrogens is 4. The van der Waals surface area contributed by atoms with E-state index < -0.39 is 44.7 Å². The molecule has 0 saturated heterocycles. The number of primary amides is 1. The van der Waals surface area contributed by atoms with Crippen LogP contribution in [0.15, 0.2) is 43.0 Å². The topological polar surface area (TPSA) is 153 Å². The summed E-state index contributed by atoms with van der Waals surface area (Å²) in [4.78, 5) is 31.4. The van der Waals surface area contributed by atoms with E-state index in [2.05, 4.69) is 15.1 Å². The zero-order valence-corrected chi connectivity index (χ0v) is 18.5. The van der Waals surface area contributed by atoms with Crippen LogP contribution in [0.3, 0.4) is 0 Å². The van der Waals surface area contributed by atoms with Crippen LogP contribution in [-0.4, -0.2) is 45.7 Å². The van der Waals surface area contributed by atoms with Crippen molar-refractivity contribution < 1.29 is 26.8 Å². The summed E-state index contributed by atoms with van der Waals surface area (Å²) in [6.07, 6.45) is 5.73. The Morgan fingerprint density at radius 3 is 2.65 bits per heavy atom. The molecule has 0 unspecified atom stereocenters. The van der Waals surface area contributed by atoms with Crippen molar-refractivity contribution in [2.24, 2.45) is 5.73 Å². The predicted molar refractivity (Wildman–Crippen MR) is 120 cm³/mol. The SMILES string of the molecule is CCCS(=O)(=O)Nc1ccc(F)c(C(=O)c2c[nH]c3ncc(-c4cnn(C(N)=O)c4)cc23)c1F. The maximum atomic E-state index is 15.1. The van der Waals surface area contributed by atoms with E-state index in [0.717, 1.165) is 16.8 Å². The van der Waals surface area contributed by atoms with Crippen LogP contribution in [0.5, 0.6) is 0 Å². The van der Waals surface area contributed by atoms with E-state index in [1.807, 2.05) is 4.72 Å². The van der Waals surface area contributed by atoms with Gasteiger partial charge in [-0.1, -0.05) is 6.92 Å². The Kier molecular flexibility index (Phi) is 5.87. The molecule has 0 aliphatic carbocycles. The number of ketones is 1. The molecule has 13 heteroatoms. The summed E-state index contributed by atoms with van der Waals surface area (Å²) < 4.78 is 56.7. The molecule has 1 aromatic carbocycles. The van der Waals surface area contributed by atoms with Crippen LogP contribution in [0.1, 0.15) is 29.3 Å². The average molecular weight is 488 g/mol. The summed E-state index contributed by atoms with van der Waals surface area (Å²) in [5.74, 6) is -3.76. The largest absolute Gasteiger partial charge is 0.350 e. The number of carbonyl (C=O) groups excluding carboxylic acids is 2. The third-order valence-electron chi connectivity index (χ3n) is 4.97. The van der Waals surface area contributed by atoms with E-state index in [0.29, 0.717) is 11.1 Å². The number of sulfonamides is 1. The van der Waals surface area contributed by atoms with Crippen molar-refractivity contribution in [3.63, 3.8) is 0 Å². The van der Waals surface area contributed by atoms with Crippen molar-refractivity contribution >= 4 is 38.6 Å². The van der Waals surface area contributed by atoms with Gasteiger partial charge in [0.05, 0.1) is 23.2 Å². The van der Waals surface area contributed by atoms with Gasteiger partial charge in [-0.2, -0.15) is 9.78 Å². The zero-order valence-electron chi connectivity index (χ0n) is 17.7. The van der Waals surface area contributed by atoms with Crippen molar-refractivity contribution in [3.05, 3.63) is 65.7 Å². The minimum atomic E-state index is -3.87. The van der Waals surface area contributed by atoms with Crippen LogP contribution < -0.4 is 10.5 Å². The van der Waals surface area contributed by atoms with Crippen LogP contribution in [0.25, 0.3) is 22.2 Å². The Hall–Kier alpha value is -4.13. The summed E-state index contributed by atoms with van der Waals surface area (Å²) in [5.41, 5.74) is 4.87. The van der Waals surface area contributed by atoms with Gasteiger partial charge in [0.25, 0.3) is 0 Å². The van der Waals surface area contributed by atoms with Crippen molar-refractivity contribution in [1.82, 2.24) is 19.7 Å². The van der Waals surface area contributed by atoms with E-state index in [4.69, 9.17) is 5.73 Å². The number of nitrogens with one attached hydrogen (secondary N) is 2. The number of amides is 1. The fourth-order valence-electron chi connectivity index (χ4n) is 3.40. The number of nitrogens with two attached hydrogens (primary N) is 1. The van der Waals surface area contributed by atoms with Gasteiger partial charge in [-0.3, -0.25) is 9.52 Å². The van der Waals surface area contributed by atoms with Crippen molar-refractivity contribution in [1.29, 1.82) is 0 Å². The Balaban J connectivity index is 1.77. The third-order valence-corrected chi connectivity index (χ3v) is 6.45. The first kappa shape index (κ1) is 23.0. The second kappa shape index (κ2) is 8.67. The Labute approximate surface area is 191 Å². The maximum absolute atomic E-state index is 15.1. The molecule has 0 fully saturated rings. The molecule has 176 valence electrons. The first-order valence-electron chi connectivity index (χ1n) is 9.96. The highest BCUT2D eigenvalue weighted by Gasteiger charge is 2.26. The molecule has 1 amide bonds. The van der Waals surface area contributed by atoms with Gasteiger partial charge in [0.2, 0.25) is 15.8 Å². The van der Waals surface area contributed by atoms with Gasteiger partial charge in [0.1, 0.15) is 11.5 Å². The third kappa shape index (κ3) is 4.24. The average Bonchev–Trinajstić information content (AvgIpc) is 3.42. The van der Waals surface area contributed by atoms with E-state index in [9.17, 15) is 22.4 Å². The van der Waals surface area contributed by atoms with Gasteiger partial charge >= 0.3 is 6.03 Å². The molecule has 4 rings (SSSR count). The first-order valence-corrected chi connectivity index (χ1v) is 11.6. The van der Waals surface area contributed by atoms with Crippen LogP contribution >= 0.6 is 0 Å². The minimum absolute atomic E-state index is 0.0852. The van der Waals surface area contributed by atoms with E-state index in [1.54, 1.807) is 6.92 Å². The van der Waals surface area contributed by atoms with Crippen molar-refractivity contribution in [3.8, 4) is 11.1 Å². The van der Waals surface area contributed by atoms with Gasteiger partial charge in [-0.15, -0.1) is 0 Å². The number of fused-ring (bicyclic) bond motifs is 1. The molecule has 0 spiro atoms. The fourth-order valence-corrected chi connectivity index (χ4v) is 4.54. The monoisotopic (exact) mass is 488 g/mol. The summed E-state index contributed by atoms with van der Waals surface area (Å²) in [6.45, 7) is 1.63. The number of anilines is 1. The molecule has 34 heavy (non-hydrogen) atoms. The number of hydrogen-bond acceptors (Lipinski definition) is 6. The van der Waals surface area contributed by atoms with E-state index in [-0.39, 0.29) is 28.8 Å². The molecule has 3 aromatic heterocycles. The Bertz CT molecular complexity index is 1540. The predicted octanol–water partition coefficient (Wildman–Crippen LogP) is 3.01. The molecule has 4 aromatic rings. The molecule has 0 atom stereocenters. The number of pyridine rings is 1. The van der Waals surface area contributed by atoms with Crippen molar-refractivity contribution in [2.45, 2.75) is 13.3 Å². The number of aromatic amines is 1. The second-order valence-corrected chi connectivity index (χ2v) is 9.21. The smallest absolute Gasteiger partial charge is 0.339 e. The lowest BCUT2D eigenvalue weighted by molar-refractivity contribution is 0.103. The molecule has 0 bridgehead atoms. The summed E-state index contributed by atoms with van der Waals surface area (Å²) >= 11 is 0. The molecule has 0 radical (unpaired) electrons. The molecule has 0 aliphatic rings. The van der Waals surface area contributed by atoms with Gasteiger partial charge in [0.15, 0.2) is 5.82 Å². The lowest BCUT2D eigenvalue weighted by Gasteiger charge is -2.11. The second-order valence-electron chi connectivity index (χ2n) is 7.37. The molecule has 10 nitrogen and oxygen atoms in total. The normalized spacial score (nSPS) is 11.6. The number of halogens is 2. The van der Waals surface area contributed by atoms with E-state index >= 15 is 4.39 Å². The van der Waals surface area contributed by atoms with Crippen LogP contribution in [-0.2, 0) is 10.0 Å². The number of nitrogens with zero attached hydrogens (tertiary/aromatic N) is 3. The lowest BCUT2D eigenvalue weighted by Crippen LogP contribution is -2.19. The number of rotatable bonds is 7. The maximum Gasteiger partial charge on any atom is 0.339 e. The first-order chi connectivity index (χ1) is 16.1. The van der Waals surface area contributed by atoms with Crippen LogP contribution in [0.4, 0.5) is 19.3 Å². The molecule has 3 heterocycles. The molecule has 0 aliphatic heterocycles. The van der Waals surface area contributed by atoms with Crippen molar-refractivity contribution in [2.75, 3.05) is 10.5 Å². The quantitative estimate of drug-likeness (QED) is 0.340. The molecular weight excluding hydrogens is 470 g/mol. The fraction of sp³-hybridized carbons (Fsp3) is 0.143. The minimum Gasteiger partial charge on any atom is -0.350 e. The zero-order chi connectivity index (χ0) is 24.6. The summed E-state index contributed by atoms with van der Waals surface area (Å²) in [7, 11) is -3.87. The van der Waals surface area contributed by atoms with Gasteiger partial charge in [0, 0.05) is 40.7 Å². The number of benzene rings is 1. The van der Waals surface area contributed by atoms with Gasteiger partial charge in [-0.05, 0) is 24.6 Å². The highest BCUT2D eigenvalue weighted by molar-refractivity contribution is 7.92. The van der Waals surface area contributed by atoms with Crippen LogP contribution in [0, 0.1) is 11.6 Å². The Morgan fingerprint density at radius 2 is 1.97 bits per heavy atom. The number of H-pyrrole nitrogens is 1. The molecular formula is C21H18F2N6O4S. The van der Waals surface area contributed by atoms with Crippen LogP contribution in [0.2, 0.25) is 0 Å².